The van der Waals surface area contributed by atoms with Crippen LogP contribution in [0, 0.1) is 5.92 Å². The first-order chi connectivity index (χ1) is 5.57. The van der Waals surface area contributed by atoms with Crippen molar-refractivity contribution >= 4 is 16.8 Å². The van der Waals surface area contributed by atoms with Crippen LogP contribution in [0.5, 0.6) is 0 Å². The molecule has 0 heterocycles. The van der Waals surface area contributed by atoms with Gasteiger partial charge in [-0.25, -0.2) is 0 Å². The van der Waals surface area contributed by atoms with E-state index in [9.17, 15) is 4.79 Å². The standard InChI is InChI=1S/C9H14ClNO/c1-3-4-8(11)6-5-7(2)9(10)12/h4-7H,3,11H2,1-2H3/b6-5-,8-4+/t7-/m0/s1. The van der Waals surface area contributed by atoms with Crippen LogP contribution < -0.4 is 5.73 Å². The highest BCUT2D eigenvalue weighted by Gasteiger charge is 2.03. The zero-order valence-electron chi connectivity index (χ0n) is 7.38. The van der Waals surface area contributed by atoms with Crippen LogP contribution in [0.15, 0.2) is 23.9 Å². The SMILES string of the molecule is CC/C=C(N)\C=C/[C@H](C)C(=O)Cl. The number of nitrogens with two attached hydrogens (primary N) is 1. The van der Waals surface area contributed by atoms with Crippen LogP contribution in [0.4, 0.5) is 0 Å². The largest absolute Gasteiger partial charge is 0.399 e. The Morgan fingerprint density at radius 3 is 2.67 bits per heavy atom. The Bertz CT molecular complexity index is 209. The van der Waals surface area contributed by atoms with Crippen molar-refractivity contribution in [2.45, 2.75) is 20.3 Å². The second kappa shape index (κ2) is 5.84. The summed E-state index contributed by atoms with van der Waals surface area (Å²) in [5, 5.41) is -0.365. The first-order valence-electron chi connectivity index (χ1n) is 3.91. The molecule has 0 aromatic carbocycles. The quantitative estimate of drug-likeness (QED) is 0.542. The normalized spacial score (nSPS) is 15.1. The summed E-state index contributed by atoms with van der Waals surface area (Å²) in [6.45, 7) is 3.72. The first kappa shape index (κ1) is 11.2. The van der Waals surface area contributed by atoms with E-state index >= 15 is 0 Å². The lowest BCUT2D eigenvalue weighted by Gasteiger charge is -1.96. The van der Waals surface area contributed by atoms with Gasteiger partial charge >= 0.3 is 0 Å². The van der Waals surface area contributed by atoms with Crippen molar-refractivity contribution in [1.82, 2.24) is 0 Å². The van der Waals surface area contributed by atoms with E-state index in [0.29, 0.717) is 5.70 Å². The number of halogens is 1. The fourth-order valence-electron chi connectivity index (χ4n) is 0.635. The molecule has 68 valence electrons. The second-order valence-corrected chi connectivity index (χ2v) is 2.94. The van der Waals surface area contributed by atoms with Crippen molar-refractivity contribution in [2.24, 2.45) is 11.7 Å². The maximum absolute atomic E-state index is 10.6. The van der Waals surface area contributed by atoms with Crippen molar-refractivity contribution in [3.63, 3.8) is 0 Å². The van der Waals surface area contributed by atoms with E-state index in [1.807, 2.05) is 13.0 Å². The number of carbonyl (C=O) groups excluding carboxylic acids is 1. The fourth-order valence-corrected chi connectivity index (χ4v) is 0.708. The Balaban J connectivity index is 4.06. The molecule has 0 amide bonds. The summed E-state index contributed by atoms with van der Waals surface area (Å²) < 4.78 is 0. The van der Waals surface area contributed by atoms with Crippen molar-refractivity contribution in [3.8, 4) is 0 Å². The molecule has 0 bridgehead atoms. The third kappa shape index (κ3) is 4.97. The molecule has 12 heavy (non-hydrogen) atoms. The number of rotatable bonds is 4. The Morgan fingerprint density at radius 1 is 1.67 bits per heavy atom. The molecule has 0 spiro atoms. The topological polar surface area (TPSA) is 43.1 Å². The number of hydrogen-bond acceptors (Lipinski definition) is 2. The maximum atomic E-state index is 10.6. The molecule has 0 unspecified atom stereocenters. The highest BCUT2D eigenvalue weighted by atomic mass is 35.5. The number of hydrogen-bond donors (Lipinski definition) is 1. The molecule has 0 fully saturated rings. The van der Waals surface area contributed by atoms with E-state index in [4.69, 9.17) is 17.3 Å². The zero-order valence-corrected chi connectivity index (χ0v) is 8.14. The van der Waals surface area contributed by atoms with Gasteiger partial charge in [0.1, 0.15) is 0 Å². The van der Waals surface area contributed by atoms with Crippen molar-refractivity contribution in [3.05, 3.63) is 23.9 Å². The highest BCUT2D eigenvalue weighted by Crippen LogP contribution is 2.03. The van der Waals surface area contributed by atoms with Gasteiger partial charge in [0.05, 0.1) is 0 Å². The van der Waals surface area contributed by atoms with E-state index in [1.165, 1.54) is 0 Å². The van der Waals surface area contributed by atoms with Gasteiger partial charge in [-0.15, -0.1) is 0 Å². The van der Waals surface area contributed by atoms with Gasteiger partial charge in [0.2, 0.25) is 5.24 Å². The summed E-state index contributed by atoms with van der Waals surface area (Å²) in [5.74, 6) is -0.268. The summed E-state index contributed by atoms with van der Waals surface area (Å²) in [6, 6.07) is 0. The lowest BCUT2D eigenvalue weighted by molar-refractivity contribution is -0.113. The molecular formula is C9H14ClNO. The smallest absolute Gasteiger partial charge is 0.228 e. The first-order valence-corrected chi connectivity index (χ1v) is 4.29. The van der Waals surface area contributed by atoms with Crippen molar-refractivity contribution < 1.29 is 4.79 Å². The number of allylic oxidation sites excluding steroid dienone is 3. The molecule has 0 saturated heterocycles. The Labute approximate surface area is 78.1 Å². The van der Waals surface area contributed by atoms with Crippen LogP contribution in [0.1, 0.15) is 20.3 Å². The predicted molar refractivity (Wildman–Crippen MR) is 51.7 cm³/mol. The van der Waals surface area contributed by atoms with E-state index < -0.39 is 0 Å². The van der Waals surface area contributed by atoms with Gasteiger partial charge in [0.25, 0.3) is 0 Å². The summed E-state index contributed by atoms with van der Waals surface area (Å²) in [7, 11) is 0. The molecule has 0 saturated carbocycles. The summed E-state index contributed by atoms with van der Waals surface area (Å²) >= 11 is 5.24. The summed E-state index contributed by atoms with van der Waals surface area (Å²) in [4.78, 5) is 10.6. The zero-order chi connectivity index (χ0) is 9.56. The van der Waals surface area contributed by atoms with Gasteiger partial charge in [0.15, 0.2) is 0 Å². The molecular weight excluding hydrogens is 174 g/mol. The van der Waals surface area contributed by atoms with Gasteiger partial charge in [-0.2, -0.15) is 0 Å². The molecule has 3 heteroatoms. The van der Waals surface area contributed by atoms with Crippen molar-refractivity contribution in [2.75, 3.05) is 0 Å². The lowest BCUT2D eigenvalue weighted by Crippen LogP contribution is -2.00. The third-order valence-corrected chi connectivity index (χ3v) is 1.72. The average Bonchev–Trinajstić information content (AvgIpc) is 2.00. The monoisotopic (exact) mass is 187 g/mol. The highest BCUT2D eigenvalue weighted by molar-refractivity contribution is 6.64. The Hall–Kier alpha value is -0.760. The molecule has 0 aromatic rings. The molecule has 0 aliphatic carbocycles. The molecule has 0 aromatic heterocycles. The molecule has 0 aliphatic heterocycles. The van der Waals surface area contributed by atoms with Gasteiger partial charge in [-0.3, -0.25) is 4.79 Å². The minimum absolute atomic E-state index is 0.268. The molecule has 1 atom stereocenters. The van der Waals surface area contributed by atoms with Gasteiger partial charge < -0.3 is 5.73 Å². The third-order valence-electron chi connectivity index (χ3n) is 1.38. The second-order valence-electron chi connectivity index (χ2n) is 2.56. The molecule has 0 rings (SSSR count). The Morgan fingerprint density at radius 2 is 2.25 bits per heavy atom. The van der Waals surface area contributed by atoms with Crippen LogP contribution in [0.3, 0.4) is 0 Å². The maximum Gasteiger partial charge on any atom is 0.228 e. The van der Waals surface area contributed by atoms with Gasteiger partial charge in [-0.1, -0.05) is 26.0 Å². The number of carbonyl (C=O) groups is 1. The van der Waals surface area contributed by atoms with Crippen molar-refractivity contribution in [1.29, 1.82) is 0 Å². The van der Waals surface area contributed by atoms with Gasteiger partial charge in [0, 0.05) is 11.6 Å². The predicted octanol–water partition coefficient (Wildman–Crippen LogP) is 2.20. The fraction of sp³-hybridized carbons (Fsp3) is 0.444. The molecule has 0 aliphatic rings. The van der Waals surface area contributed by atoms with Gasteiger partial charge in [-0.05, 0) is 24.1 Å². The Kier molecular flexibility index (Phi) is 5.47. The average molecular weight is 188 g/mol. The van der Waals surface area contributed by atoms with E-state index in [0.717, 1.165) is 6.42 Å². The lowest BCUT2D eigenvalue weighted by atomic mass is 10.2. The minimum Gasteiger partial charge on any atom is -0.399 e. The molecule has 2 nitrogen and oxygen atoms in total. The van der Waals surface area contributed by atoms with E-state index in [2.05, 4.69) is 0 Å². The van der Waals surface area contributed by atoms with Crippen LogP contribution in [-0.2, 0) is 4.79 Å². The van der Waals surface area contributed by atoms with E-state index in [1.54, 1.807) is 19.1 Å². The minimum atomic E-state index is -0.365. The van der Waals surface area contributed by atoms with Crippen LogP contribution in [0.25, 0.3) is 0 Å². The summed E-state index contributed by atoms with van der Waals surface area (Å²) in [5.41, 5.74) is 6.22. The van der Waals surface area contributed by atoms with Crippen LogP contribution >= 0.6 is 11.6 Å². The summed E-state index contributed by atoms with van der Waals surface area (Å²) in [6.07, 6.45) is 6.16. The van der Waals surface area contributed by atoms with Crippen LogP contribution in [-0.4, -0.2) is 5.24 Å². The molecule has 0 radical (unpaired) electrons. The molecule has 2 N–H and O–H groups in total. The van der Waals surface area contributed by atoms with E-state index in [-0.39, 0.29) is 11.2 Å². The van der Waals surface area contributed by atoms with Crippen LogP contribution in [0.2, 0.25) is 0 Å².